The summed E-state index contributed by atoms with van der Waals surface area (Å²) >= 11 is 2.47. The van der Waals surface area contributed by atoms with Crippen molar-refractivity contribution < 1.29 is 9.47 Å². The fourth-order valence-corrected chi connectivity index (χ4v) is 2.96. The zero-order valence-corrected chi connectivity index (χ0v) is 14.5. The topological polar surface area (TPSA) is 43.4 Å². The number of nitrogens with zero attached hydrogens (tertiary/aromatic N) is 1. The monoisotopic (exact) mass is 358 g/mol. The molecule has 4 nitrogen and oxygen atoms in total. The molecule has 1 saturated heterocycles. The predicted molar refractivity (Wildman–Crippen MR) is 88.1 cm³/mol. The summed E-state index contributed by atoms with van der Waals surface area (Å²) in [5.41, 5.74) is 1.90. The Morgan fingerprint density at radius 3 is 2.95 bits per heavy atom. The summed E-state index contributed by atoms with van der Waals surface area (Å²) in [6.45, 7) is 4.53. The van der Waals surface area contributed by atoms with Gasteiger partial charge in [0.1, 0.15) is 0 Å². The molecule has 1 unspecified atom stereocenters. The third kappa shape index (κ3) is 3.63. The molecule has 3 rings (SSSR count). The Hall–Kier alpha value is -1.51. The van der Waals surface area contributed by atoms with Crippen molar-refractivity contribution in [2.75, 3.05) is 19.7 Å². The first-order valence-electron chi connectivity index (χ1n) is 7.57. The van der Waals surface area contributed by atoms with Gasteiger partial charge in [-0.05, 0) is 0 Å². The third-order valence-corrected chi connectivity index (χ3v) is 4.10. The maximum atomic E-state index is 6.01. The molecule has 2 aromatic rings. The van der Waals surface area contributed by atoms with Gasteiger partial charge in [0.15, 0.2) is 0 Å². The van der Waals surface area contributed by atoms with E-state index in [0.717, 1.165) is 46.7 Å². The van der Waals surface area contributed by atoms with Crippen LogP contribution in [0.2, 0.25) is 0 Å². The molecule has 1 aromatic carbocycles. The first kappa shape index (κ1) is 15.4. The van der Waals surface area contributed by atoms with Crippen molar-refractivity contribution in [3.8, 4) is 22.8 Å². The van der Waals surface area contributed by atoms with Gasteiger partial charge in [-0.2, -0.15) is 0 Å². The Kier molecular flexibility index (Phi) is 5.01. The first-order valence-corrected chi connectivity index (χ1v) is 8.50. The van der Waals surface area contributed by atoms with Gasteiger partial charge >= 0.3 is 139 Å². The Labute approximate surface area is 139 Å². The van der Waals surface area contributed by atoms with E-state index in [4.69, 9.17) is 9.47 Å². The molecule has 5 heteroatoms. The molecule has 1 fully saturated rings. The van der Waals surface area contributed by atoms with Crippen molar-refractivity contribution >= 4 is 21.3 Å². The van der Waals surface area contributed by atoms with Gasteiger partial charge in [0.25, 0.3) is 0 Å². The van der Waals surface area contributed by atoms with E-state index < -0.39 is 0 Å². The molecular formula is C17H19AsN2O2. The van der Waals surface area contributed by atoms with Gasteiger partial charge in [0, 0.05) is 0 Å². The second kappa shape index (κ2) is 7.17. The molecule has 0 bridgehead atoms. The number of rotatable bonds is 5. The molecule has 0 spiro atoms. The molecule has 1 atom stereocenters. The van der Waals surface area contributed by atoms with Crippen LogP contribution in [0.25, 0.3) is 11.3 Å². The van der Waals surface area contributed by atoms with E-state index in [2.05, 4.69) is 27.2 Å². The van der Waals surface area contributed by atoms with Crippen molar-refractivity contribution in [1.29, 1.82) is 0 Å². The summed E-state index contributed by atoms with van der Waals surface area (Å²) < 4.78 is 12.7. The van der Waals surface area contributed by atoms with Crippen LogP contribution in [0.5, 0.6) is 11.5 Å². The first-order chi connectivity index (χ1) is 10.8. The Bertz CT molecular complexity index is 642. The summed E-state index contributed by atoms with van der Waals surface area (Å²) in [7, 11) is 0. The molecule has 2 radical (unpaired) electrons. The predicted octanol–water partition coefficient (Wildman–Crippen LogP) is 1.68. The summed E-state index contributed by atoms with van der Waals surface area (Å²) in [5, 5.41) is 3.31. The molecule has 1 aromatic heterocycles. The van der Waals surface area contributed by atoms with Crippen LogP contribution in [-0.2, 0) is 0 Å². The number of benzene rings is 1. The third-order valence-electron chi connectivity index (χ3n) is 3.58. The summed E-state index contributed by atoms with van der Waals surface area (Å²) in [4.78, 5) is 4.56. The van der Waals surface area contributed by atoms with Crippen LogP contribution < -0.4 is 19.3 Å². The number of ether oxygens (including phenoxy) is 2. The van der Waals surface area contributed by atoms with E-state index >= 15 is 0 Å². The average molecular weight is 358 g/mol. The number of pyridine rings is 1. The summed E-state index contributed by atoms with van der Waals surface area (Å²) in [6.07, 6.45) is 1.29. The van der Waals surface area contributed by atoms with Crippen LogP contribution in [0.1, 0.15) is 13.3 Å². The van der Waals surface area contributed by atoms with E-state index in [9.17, 15) is 0 Å². The van der Waals surface area contributed by atoms with Crippen molar-refractivity contribution in [1.82, 2.24) is 10.3 Å². The second-order valence-electron chi connectivity index (χ2n) is 5.20. The van der Waals surface area contributed by atoms with Crippen molar-refractivity contribution in [2.24, 2.45) is 0 Å². The van der Waals surface area contributed by atoms with E-state index in [1.54, 1.807) is 0 Å². The molecule has 114 valence electrons. The van der Waals surface area contributed by atoms with Crippen LogP contribution in [0.3, 0.4) is 0 Å². The van der Waals surface area contributed by atoms with E-state index in [1.807, 2.05) is 43.3 Å². The Balaban J connectivity index is 1.89. The van der Waals surface area contributed by atoms with Gasteiger partial charge in [-0.25, -0.2) is 0 Å². The van der Waals surface area contributed by atoms with Gasteiger partial charge in [-0.3, -0.25) is 0 Å². The van der Waals surface area contributed by atoms with Gasteiger partial charge in [-0.1, -0.05) is 0 Å². The summed E-state index contributed by atoms with van der Waals surface area (Å²) in [6, 6.07) is 12.0. The number of aromatic nitrogens is 1. The van der Waals surface area contributed by atoms with Crippen LogP contribution >= 0.6 is 0 Å². The summed E-state index contributed by atoms with van der Waals surface area (Å²) in [5.74, 6) is 1.67. The van der Waals surface area contributed by atoms with Crippen molar-refractivity contribution in [3.05, 3.63) is 36.4 Å². The van der Waals surface area contributed by atoms with Crippen LogP contribution in [0.15, 0.2) is 36.4 Å². The number of hydrogen-bond acceptors (Lipinski definition) is 4. The SMILES string of the molecule is CCOc1cc(OC2CCNC2)ccc1-c1cccc([As])n1. The second-order valence-corrected chi connectivity index (χ2v) is 6.17. The minimum atomic E-state index is 0.245. The maximum absolute atomic E-state index is 6.01. The molecule has 2 heterocycles. The Morgan fingerprint density at radius 2 is 2.23 bits per heavy atom. The van der Waals surface area contributed by atoms with E-state index in [-0.39, 0.29) is 6.10 Å². The van der Waals surface area contributed by atoms with Crippen molar-refractivity contribution in [2.45, 2.75) is 19.4 Å². The van der Waals surface area contributed by atoms with Gasteiger partial charge in [0.05, 0.1) is 0 Å². The molecule has 1 aliphatic rings. The van der Waals surface area contributed by atoms with Gasteiger partial charge in [0.2, 0.25) is 0 Å². The minimum absolute atomic E-state index is 0.245. The molecular weight excluding hydrogens is 339 g/mol. The molecule has 1 N–H and O–H groups in total. The fraction of sp³-hybridized carbons (Fsp3) is 0.353. The van der Waals surface area contributed by atoms with Crippen LogP contribution in [-0.4, -0.2) is 47.6 Å². The molecule has 0 saturated carbocycles. The average Bonchev–Trinajstić information content (AvgIpc) is 3.01. The zero-order valence-electron chi connectivity index (χ0n) is 12.6. The molecule has 1 aliphatic heterocycles. The van der Waals surface area contributed by atoms with Gasteiger partial charge in [-0.15, -0.1) is 0 Å². The van der Waals surface area contributed by atoms with Crippen LogP contribution in [0.4, 0.5) is 0 Å². The fourth-order valence-electron chi connectivity index (χ4n) is 2.56. The van der Waals surface area contributed by atoms with Gasteiger partial charge < -0.3 is 0 Å². The number of hydrogen-bond donors (Lipinski definition) is 1. The molecule has 0 amide bonds. The number of nitrogens with one attached hydrogen (secondary N) is 1. The van der Waals surface area contributed by atoms with Crippen molar-refractivity contribution in [3.63, 3.8) is 0 Å². The van der Waals surface area contributed by atoms with Crippen LogP contribution in [0, 0.1) is 0 Å². The van der Waals surface area contributed by atoms with E-state index in [0.29, 0.717) is 6.61 Å². The molecule has 0 aliphatic carbocycles. The van der Waals surface area contributed by atoms with E-state index in [1.165, 1.54) is 0 Å². The molecule has 22 heavy (non-hydrogen) atoms. The quantitative estimate of drug-likeness (QED) is 0.826. The Morgan fingerprint density at radius 1 is 1.32 bits per heavy atom. The normalized spacial score (nSPS) is 17.5. The zero-order chi connectivity index (χ0) is 15.4. The standard InChI is InChI=1S/C17H19AsN2O2/c1-2-21-16-10-12(22-13-8-9-19-11-13)6-7-14(16)15-4-3-5-17(18)20-15/h3-7,10,13,19H,2,8-9,11H2,1H3.